The highest BCUT2D eigenvalue weighted by Gasteiger charge is 2.48. The molecule has 0 atom stereocenters. The van der Waals surface area contributed by atoms with Crippen molar-refractivity contribution in [2.24, 2.45) is 16.8 Å². The van der Waals surface area contributed by atoms with Crippen molar-refractivity contribution in [2.75, 3.05) is 26.2 Å². The molecule has 4 aliphatic rings. The van der Waals surface area contributed by atoms with Gasteiger partial charge in [-0.2, -0.15) is 17.5 Å². The van der Waals surface area contributed by atoms with E-state index in [1.807, 2.05) is 13.8 Å². The van der Waals surface area contributed by atoms with E-state index in [4.69, 9.17) is 4.99 Å². The van der Waals surface area contributed by atoms with Crippen LogP contribution in [0.25, 0.3) is 6.08 Å². The highest BCUT2D eigenvalue weighted by Crippen LogP contribution is 2.38. The molecule has 0 radical (unpaired) electrons. The summed E-state index contributed by atoms with van der Waals surface area (Å²) < 4.78 is 65.6. The smallest absolute Gasteiger partial charge is 0.312 e. The maximum atomic E-state index is 13.2. The summed E-state index contributed by atoms with van der Waals surface area (Å²) in [6.45, 7) is 5.40. The van der Waals surface area contributed by atoms with Gasteiger partial charge < -0.3 is 5.32 Å². The van der Waals surface area contributed by atoms with Gasteiger partial charge in [0.25, 0.3) is 11.8 Å². The Hall–Kier alpha value is -2.77. The number of amides is 2. The second kappa shape index (κ2) is 12.3. The van der Waals surface area contributed by atoms with Crippen LogP contribution in [0.1, 0.15) is 84.8 Å². The molecule has 2 saturated heterocycles. The highest BCUT2D eigenvalue weighted by atomic mass is 32.2. The molecule has 1 aromatic rings. The first kappa shape index (κ1) is 31.6. The summed E-state index contributed by atoms with van der Waals surface area (Å²) in [5, 5.41) is 5.70. The molecule has 3 fully saturated rings. The molecule has 13 heteroatoms. The van der Waals surface area contributed by atoms with E-state index in [2.05, 4.69) is 10.7 Å². The monoisotopic (exact) mass is 623 g/mol. The first-order valence-electron chi connectivity index (χ1n) is 15.1. The van der Waals surface area contributed by atoms with Crippen LogP contribution in [-0.2, 0) is 14.8 Å². The van der Waals surface area contributed by atoms with Crippen molar-refractivity contribution >= 4 is 33.7 Å². The molecule has 43 heavy (non-hydrogen) atoms. The Morgan fingerprint density at radius 2 is 1.74 bits per heavy atom. The van der Waals surface area contributed by atoms with E-state index in [0.717, 1.165) is 29.7 Å². The lowest BCUT2D eigenvalue weighted by Crippen LogP contribution is -2.50. The zero-order chi connectivity index (χ0) is 31.0. The molecule has 3 heterocycles. The topological polar surface area (TPSA) is 111 Å². The first-order valence-corrected chi connectivity index (χ1v) is 16.6. The minimum Gasteiger partial charge on any atom is -0.312 e. The van der Waals surface area contributed by atoms with Crippen LogP contribution in [0, 0.1) is 25.7 Å². The number of hydrogen-bond donors (Lipinski definition) is 2. The van der Waals surface area contributed by atoms with Crippen molar-refractivity contribution in [3.8, 4) is 0 Å². The Labute approximate surface area is 251 Å². The number of nitrogens with zero attached hydrogens (tertiary/aromatic N) is 3. The van der Waals surface area contributed by atoms with E-state index < -0.39 is 28.2 Å². The molecule has 0 bridgehead atoms. The number of aryl methyl sites for hydroxylation is 2. The van der Waals surface area contributed by atoms with Crippen molar-refractivity contribution in [1.82, 2.24) is 20.1 Å². The van der Waals surface area contributed by atoms with Gasteiger partial charge in [0.2, 0.25) is 10.0 Å². The third-order valence-corrected chi connectivity index (χ3v) is 10.9. The maximum absolute atomic E-state index is 13.2. The molecule has 236 valence electrons. The van der Waals surface area contributed by atoms with Crippen molar-refractivity contribution < 1.29 is 31.2 Å². The number of aliphatic imine (C=N–C) groups is 1. The van der Waals surface area contributed by atoms with E-state index in [1.54, 1.807) is 23.2 Å². The Morgan fingerprint density at radius 3 is 2.33 bits per heavy atom. The molecule has 3 aliphatic heterocycles. The fraction of sp³-hybridized carbons (Fsp3) is 0.633. The average Bonchev–Trinajstić information content (AvgIpc) is 3.60. The van der Waals surface area contributed by atoms with Crippen LogP contribution < -0.4 is 10.7 Å². The predicted octanol–water partition coefficient (Wildman–Crippen LogP) is 4.47. The molecule has 2 N–H and O–H groups in total. The Kier molecular flexibility index (Phi) is 9.06. The lowest BCUT2D eigenvalue weighted by molar-refractivity contribution is -0.138. The van der Waals surface area contributed by atoms with Crippen LogP contribution in [0.4, 0.5) is 13.2 Å². The summed E-state index contributed by atoms with van der Waals surface area (Å²) in [5.41, 5.74) is 4.94. The number of alkyl halides is 3. The van der Waals surface area contributed by atoms with Crippen molar-refractivity contribution in [2.45, 2.75) is 83.4 Å². The molecule has 2 amide bonds. The normalized spacial score (nSPS) is 25.0. The first-order chi connectivity index (χ1) is 20.3. The van der Waals surface area contributed by atoms with Gasteiger partial charge in [-0.1, -0.05) is 0 Å². The molecular formula is C30H40F3N5O4S. The van der Waals surface area contributed by atoms with Crippen LogP contribution >= 0.6 is 0 Å². The lowest BCUT2D eigenvalue weighted by atomic mass is 9.79. The van der Waals surface area contributed by atoms with Crippen molar-refractivity contribution in [3.63, 3.8) is 0 Å². The van der Waals surface area contributed by atoms with E-state index in [9.17, 15) is 31.2 Å². The number of benzene rings is 1. The van der Waals surface area contributed by atoms with Crippen LogP contribution in [0.3, 0.4) is 0 Å². The van der Waals surface area contributed by atoms with Gasteiger partial charge in [0.15, 0.2) is 0 Å². The van der Waals surface area contributed by atoms with Crippen molar-refractivity contribution in [3.05, 3.63) is 39.8 Å². The van der Waals surface area contributed by atoms with E-state index in [0.29, 0.717) is 43.6 Å². The summed E-state index contributed by atoms with van der Waals surface area (Å²) in [5.74, 6) is 0.314. The minimum absolute atomic E-state index is 0.00920. The molecule has 5 rings (SSSR count). The number of piperidine rings is 1. The number of nitrogens with one attached hydrogen (secondary N) is 2. The number of hydrazine groups is 1. The summed E-state index contributed by atoms with van der Waals surface area (Å²) in [4.78, 5) is 30.6. The van der Waals surface area contributed by atoms with Gasteiger partial charge in [0.05, 0.1) is 0 Å². The molecule has 0 unspecified atom stereocenters. The van der Waals surface area contributed by atoms with Gasteiger partial charge in [-0.05, 0) is 106 Å². The summed E-state index contributed by atoms with van der Waals surface area (Å²) >= 11 is 0. The third kappa shape index (κ3) is 7.15. The molecule has 9 nitrogen and oxygen atoms in total. The molecule has 0 aromatic heterocycles. The molecule has 1 spiro atoms. The number of amidine groups is 1. The van der Waals surface area contributed by atoms with Gasteiger partial charge in [-0.25, -0.2) is 13.8 Å². The molecule has 1 aromatic carbocycles. The van der Waals surface area contributed by atoms with E-state index >= 15 is 0 Å². The number of carbonyl (C=O) groups excluding carboxylic acids is 2. The van der Waals surface area contributed by atoms with Gasteiger partial charge in [0.1, 0.15) is 11.4 Å². The summed E-state index contributed by atoms with van der Waals surface area (Å²) in [6.07, 6.45) is 0.944. The summed E-state index contributed by atoms with van der Waals surface area (Å²) in [6, 6.07) is 3.55. The number of rotatable bonds is 7. The largest absolute Gasteiger partial charge is 0.389 e. The number of halogens is 3. The molecule has 1 aliphatic carbocycles. The number of sulfonamides is 1. The standard InChI is InChI=1S/C30H40F3N5O4S/c1-20-18-24(27(39)38-14-3-13-34-38)19-21(2)25(20)9-17-43(41,42)37-15-11-29(12-16-37)28(40)35-26(36-29)23-6-4-22(5-7-23)8-10-30(31,32)33/h9,17-19,22-23,34H,3-8,10-16H2,1-2H3,(H,35,36,40). The zero-order valence-electron chi connectivity index (χ0n) is 24.7. The average molecular weight is 624 g/mol. The Balaban J connectivity index is 1.18. The maximum Gasteiger partial charge on any atom is 0.389 e. The SMILES string of the molecule is Cc1cc(C(=O)N2CCCN2)cc(C)c1C=CS(=O)(=O)N1CCC2(CC1)N=C(C1CCC(CCC(F)(F)F)CC1)NC2=O. The minimum atomic E-state index is -4.14. The van der Waals surface area contributed by atoms with Crippen molar-refractivity contribution in [1.29, 1.82) is 0 Å². The fourth-order valence-corrected chi connectivity index (χ4v) is 7.91. The second-order valence-electron chi connectivity index (χ2n) is 12.3. The van der Waals surface area contributed by atoms with E-state index in [-0.39, 0.29) is 56.0 Å². The van der Waals surface area contributed by atoms with E-state index in [1.165, 1.54) is 9.71 Å². The van der Waals surface area contributed by atoms with Crippen LogP contribution in [-0.4, -0.2) is 73.3 Å². The zero-order valence-corrected chi connectivity index (χ0v) is 25.5. The fourth-order valence-electron chi connectivity index (χ4n) is 6.74. The number of carbonyl (C=O) groups is 2. The third-order valence-electron chi connectivity index (χ3n) is 9.33. The quantitative estimate of drug-likeness (QED) is 0.466. The Bertz CT molecular complexity index is 1380. The van der Waals surface area contributed by atoms with Gasteiger partial charge in [0, 0.05) is 49.5 Å². The van der Waals surface area contributed by atoms with Gasteiger partial charge in [-0.3, -0.25) is 19.6 Å². The molecule has 1 saturated carbocycles. The summed E-state index contributed by atoms with van der Waals surface area (Å²) in [7, 11) is -3.77. The van der Waals surface area contributed by atoms with Crippen LogP contribution in [0.15, 0.2) is 22.5 Å². The lowest BCUT2D eigenvalue weighted by Gasteiger charge is -2.34. The van der Waals surface area contributed by atoms with Gasteiger partial charge >= 0.3 is 6.18 Å². The highest BCUT2D eigenvalue weighted by molar-refractivity contribution is 7.92. The number of hydrogen-bond acceptors (Lipinski definition) is 6. The second-order valence-corrected chi connectivity index (χ2v) is 14.2. The predicted molar refractivity (Wildman–Crippen MR) is 157 cm³/mol. The van der Waals surface area contributed by atoms with Crippen LogP contribution in [0.5, 0.6) is 0 Å². The molecular weight excluding hydrogens is 583 g/mol. The van der Waals surface area contributed by atoms with Gasteiger partial charge in [-0.15, -0.1) is 0 Å². The van der Waals surface area contributed by atoms with Crippen LogP contribution in [0.2, 0.25) is 0 Å². The Morgan fingerprint density at radius 1 is 1.09 bits per heavy atom.